The number of hydrogen-bond donors (Lipinski definition) is 0. The first-order chi connectivity index (χ1) is 15.0. The van der Waals surface area contributed by atoms with Gasteiger partial charge in [-0.05, 0) is 38.5 Å². The van der Waals surface area contributed by atoms with Crippen molar-refractivity contribution in [2.24, 2.45) is 0 Å². The molecule has 0 aliphatic rings. The van der Waals surface area contributed by atoms with E-state index < -0.39 is 0 Å². The minimum atomic E-state index is -0.273. The Balaban J connectivity index is 1.46. The maximum atomic E-state index is 6.29. The van der Waals surface area contributed by atoms with Crippen LogP contribution >= 0.6 is 34.7 Å². The van der Waals surface area contributed by atoms with Crippen LogP contribution < -0.4 is 4.74 Å². The van der Waals surface area contributed by atoms with Crippen LogP contribution in [0.15, 0.2) is 59.1 Å². The molecule has 8 heteroatoms. The standard InChI is InChI=1S/C23H23ClN4OS2/c1-4-28-21(16(3)29-20-12-15(2)10-11-19(20)24)26-27-23(28)31-14-18-13-30-22(25-18)17-8-6-5-7-9-17/h5-13,16H,4,14H2,1-3H3. The maximum absolute atomic E-state index is 6.29. The predicted octanol–water partition coefficient (Wildman–Crippen LogP) is 6.82. The Hall–Kier alpha value is -2.35. The molecule has 0 amide bonds. The molecule has 0 saturated carbocycles. The number of hydrogen-bond acceptors (Lipinski definition) is 6. The summed E-state index contributed by atoms with van der Waals surface area (Å²) >= 11 is 9.59. The summed E-state index contributed by atoms with van der Waals surface area (Å²) in [6, 6.07) is 16.0. The molecule has 0 saturated heterocycles. The summed E-state index contributed by atoms with van der Waals surface area (Å²) in [5.74, 6) is 2.18. The van der Waals surface area contributed by atoms with E-state index in [0.29, 0.717) is 10.8 Å². The van der Waals surface area contributed by atoms with Crippen LogP contribution in [0.5, 0.6) is 5.75 Å². The molecule has 2 heterocycles. The first kappa shape index (κ1) is 21.9. The number of halogens is 1. The van der Waals surface area contributed by atoms with Crippen molar-refractivity contribution in [1.29, 1.82) is 0 Å². The smallest absolute Gasteiger partial charge is 0.191 e. The van der Waals surface area contributed by atoms with E-state index in [0.717, 1.165) is 45.1 Å². The van der Waals surface area contributed by atoms with E-state index in [1.54, 1.807) is 23.1 Å². The van der Waals surface area contributed by atoms with Crippen LogP contribution in [0.3, 0.4) is 0 Å². The molecule has 0 aliphatic carbocycles. The quantitative estimate of drug-likeness (QED) is 0.264. The van der Waals surface area contributed by atoms with Gasteiger partial charge >= 0.3 is 0 Å². The Morgan fingerprint density at radius 3 is 2.74 bits per heavy atom. The molecule has 0 radical (unpaired) electrons. The highest BCUT2D eigenvalue weighted by Crippen LogP contribution is 2.32. The summed E-state index contributed by atoms with van der Waals surface area (Å²) in [4.78, 5) is 4.77. The van der Waals surface area contributed by atoms with Crippen LogP contribution in [0.2, 0.25) is 5.02 Å². The van der Waals surface area contributed by atoms with E-state index in [2.05, 4.69) is 39.2 Å². The third kappa shape index (κ3) is 5.11. The number of aromatic nitrogens is 4. The molecule has 0 N–H and O–H groups in total. The highest BCUT2D eigenvalue weighted by molar-refractivity contribution is 7.98. The number of benzene rings is 2. The zero-order valence-electron chi connectivity index (χ0n) is 17.6. The van der Waals surface area contributed by atoms with Gasteiger partial charge in [0.05, 0.1) is 10.7 Å². The van der Waals surface area contributed by atoms with E-state index in [1.807, 2.05) is 50.2 Å². The lowest BCUT2D eigenvalue weighted by Crippen LogP contribution is -2.12. The third-order valence-corrected chi connectivity index (χ3v) is 6.99. The van der Waals surface area contributed by atoms with E-state index in [4.69, 9.17) is 21.3 Å². The summed E-state index contributed by atoms with van der Waals surface area (Å²) in [5, 5.41) is 13.4. The largest absolute Gasteiger partial charge is 0.481 e. The minimum Gasteiger partial charge on any atom is -0.481 e. The number of rotatable bonds is 8. The molecule has 4 aromatic rings. The second kappa shape index (κ2) is 9.85. The van der Waals surface area contributed by atoms with Gasteiger partial charge in [0.2, 0.25) is 0 Å². The van der Waals surface area contributed by atoms with Crippen molar-refractivity contribution in [3.8, 4) is 16.3 Å². The third-order valence-electron chi connectivity index (χ3n) is 4.74. The van der Waals surface area contributed by atoms with Gasteiger partial charge in [0.1, 0.15) is 10.8 Å². The molecule has 1 atom stereocenters. The van der Waals surface area contributed by atoms with Crippen LogP contribution in [0.4, 0.5) is 0 Å². The zero-order chi connectivity index (χ0) is 21.8. The van der Waals surface area contributed by atoms with Crippen LogP contribution in [-0.2, 0) is 12.3 Å². The molecule has 1 unspecified atom stereocenters. The van der Waals surface area contributed by atoms with Crippen molar-refractivity contribution in [2.45, 2.75) is 44.3 Å². The molecule has 4 rings (SSSR count). The zero-order valence-corrected chi connectivity index (χ0v) is 20.0. The molecule has 0 aliphatic heterocycles. The second-order valence-corrected chi connectivity index (χ2v) is 9.29. The fraction of sp³-hybridized carbons (Fsp3) is 0.261. The van der Waals surface area contributed by atoms with Crippen molar-refractivity contribution >= 4 is 34.7 Å². The fourth-order valence-electron chi connectivity index (χ4n) is 3.17. The van der Waals surface area contributed by atoms with E-state index in [9.17, 15) is 0 Å². The summed E-state index contributed by atoms with van der Waals surface area (Å²) < 4.78 is 8.19. The minimum absolute atomic E-state index is 0.273. The SMILES string of the molecule is CCn1c(SCc2csc(-c3ccccc3)n2)nnc1C(C)Oc1cc(C)ccc1Cl. The maximum Gasteiger partial charge on any atom is 0.191 e. The van der Waals surface area contributed by atoms with Crippen LogP contribution in [0, 0.1) is 6.92 Å². The van der Waals surface area contributed by atoms with Crippen LogP contribution in [0.25, 0.3) is 10.6 Å². The van der Waals surface area contributed by atoms with Crippen LogP contribution in [-0.4, -0.2) is 19.7 Å². The summed E-state index contributed by atoms with van der Waals surface area (Å²) in [6.07, 6.45) is -0.273. The molecular weight excluding hydrogens is 448 g/mol. The van der Waals surface area contributed by atoms with Gasteiger partial charge in [-0.1, -0.05) is 59.8 Å². The molecule has 0 spiro atoms. The van der Waals surface area contributed by atoms with Crippen molar-refractivity contribution in [1.82, 2.24) is 19.7 Å². The highest BCUT2D eigenvalue weighted by Gasteiger charge is 2.20. The normalized spacial score (nSPS) is 12.1. The number of thiazole rings is 1. The lowest BCUT2D eigenvalue weighted by Gasteiger charge is -2.16. The summed E-state index contributed by atoms with van der Waals surface area (Å²) in [7, 11) is 0. The van der Waals surface area contributed by atoms with E-state index in [-0.39, 0.29) is 6.10 Å². The number of thioether (sulfide) groups is 1. The van der Waals surface area contributed by atoms with Crippen molar-refractivity contribution in [3.63, 3.8) is 0 Å². The average molecular weight is 471 g/mol. The average Bonchev–Trinajstić information content (AvgIpc) is 3.42. The Kier molecular flexibility index (Phi) is 6.95. The second-order valence-electron chi connectivity index (χ2n) is 7.08. The van der Waals surface area contributed by atoms with Gasteiger partial charge in [-0.3, -0.25) is 0 Å². The Morgan fingerprint density at radius 2 is 1.97 bits per heavy atom. The van der Waals surface area contributed by atoms with Crippen molar-refractivity contribution in [3.05, 3.63) is 76.0 Å². The molecule has 0 fully saturated rings. The molecule has 31 heavy (non-hydrogen) atoms. The van der Waals surface area contributed by atoms with Gasteiger partial charge in [-0.2, -0.15) is 0 Å². The van der Waals surface area contributed by atoms with E-state index >= 15 is 0 Å². The van der Waals surface area contributed by atoms with Crippen molar-refractivity contribution < 1.29 is 4.74 Å². The number of ether oxygens (including phenoxy) is 1. The topological polar surface area (TPSA) is 52.8 Å². The van der Waals surface area contributed by atoms with Gasteiger partial charge < -0.3 is 9.30 Å². The first-order valence-corrected chi connectivity index (χ1v) is 12.3. The molecule has 0 bridgehead atoms. The van der Waals surface area contributed by atoms with Gasteiger partial charge in [-0.15, -0.1) is 21.5 Å². The van der Waals surface area contributed by atoms with E-state index in [1.165, 1.54) is 0 Å². The fourth-order valence-corrected chi connectivity index (χ4v) is 5.17. The molecule has 5 nitrogen and oxygen atoms in total. The Labute approximate surface area is 195 Å². The monoisotopic (exact) mass is 470 g/mol. The predicted molar refractivity (Wildman–Crippen MR) is 128 cm³/mol. The molecular formula is C23H23ClN4OS2. The number of nitrogens with zero attached hydrogens (tertiary/aromatic N) is 4. The number of aryl methyl sites for hydroxylation is 1. The highest BCUT2D eigenvalue weighted by atomic mass is 35.5. The molecule has 2 aromatic heterocycles. The Morgan fingerprint density at radius 1 is 1.16 bits per heavy atom. The van der Waals surface area contributed by atoms with Gasteiger partial charge in [0.25, 0.3) is 0 Å². The lowest BCUT2D eigenvalue weighted by molar-refractivity contribution is 0.210. The van der Waals surface area contributed by atoms with Crippen LogP contribution in [0.1, 0.15) is 37.0 Å². The summed E-state index contributed by atoms with van der Waals surface area (Å²) in [5.41, 5.74) is 3.28. The summed E-state index contributed by atoms with van der Waals surface area (Å²) in [6.45, 7) is 6.82. The molecule has 160 valence electrons. The molecule has 2 aromatic carbocycles. The van der Waals surface area contributed by atoms with Gasteiger partial charge in [-0.25, -0.2) is 4.98 Å². The lowest BCUT2D eigenvalue weighted by atomic mass is 10.2. The first-order valence-electron chi connectivity index (χ1n) is 10.0. The van der Waals surface area contributed by atoms with Gasteiger partial charge in [0.15, 0.2) is 17.1 Å². The van der Waals surface area contributed by atoms with Crippen molar-refractivity contribution in [2.75, 3.05) is 0 Å². The Bertz CT molecular complexity index is 1160. The van der Waals surface area contributed by atoms with Gasteiger partial charge in [0, 0.05) is 23.2 Å².